The van der Waals surface area contributed by atoms with Gasteiger partial charge in [0.05, 0.1) is 18.9 Å². The van der Waals surface area contributed by atoms with Gasteiger partial charge in [0, 0.05) is 6.08 Å². The number of carbonyl (C=O) groups excluding carboxylic acids is 2. The highest BCUT2D eigenvalue weighted by atomic mass is 16.7. The number of rotatable bonds is 9. The highest BCUT2D eigenvalue weighted by Crippen LogP contribution is 2.15. The number of esters is 1. The third-order valence-corrected chi connectivity index (χ3v) is 2.67. The van der Waals surface area contributed by atoms with Crippen LogP contribution in [0.3, 0.4) is 0 Å². The summed E-state index contributed by atoms with van der Waals surface area (Å²) in [6, 6.07) is 7.10. The van der Waals surface area contributed by atoms with Crippen molar-refractivity contribution in [1.29, 1.82) is 0 Å². The first-order chi connectivity index (χ1) is 10.2. The SMILES string of the molecule is CCCCON(C=O)c1ccc(/C=C/C(=O)OCC)cc1. The second-order valence-corrected chi connectivity index (χ2v) is 4.29. The van der Waals surface area contributed by atoms with Crippen LogP contribution in [0, 0.1) is 0 Å². The summed E-state index contributed by atoms with van der Waals surface area (Å²) in [5.74, 6) is -0.376. The average molecular weight is 291 g/mol. The lowest BCUT2D eigenvalue weighted by atomic mass is 10.2. The van der Waals surface area contributed by atoms with Gasteiger partial charge in [-0.05, 0) is 37.1 Å². The minimum absolute atomic E-state index is 0.353. The maximum Gasteiger partial charge on any atom is 0.330 e. The molecule has 0 saturated carbocycles. The van der Waals surface area contributed by atoms with Crippen LogP contribution in [-0.4, -0.2) is 25.6 Å². The van der Waals surface area contributed by atoms with Gasteiger partial charge < -0.3 is 4.74 Å². The Morgan fingerprint density at radius 1 is 1.24 bits per heavy atom. The van der Waals surface area contributed by atoms with E-state index in [0.717, 1.165) is 18.4 Å². The van der Waals surface area contributed by atoms with E-state index in [1.165, 1.54) is 11.1 Å². The zero-order valence-electron chi connectivity index (χ0n) is 12.5. The normalized spacial score (nSPS) is 10.6. The molecule has 1 rings (SSSR count). The smallest absolute Gasteiger partial charge is 0.330 e. The number of hydrogen-bond donors (Lipinski definition) is 0. The van der Waals surface area contributed by atoms with Gasteiger partial charge in [-0.1, -0.05) is 25.5 Å². The van der Waals surface area contributed by atoms with Crippen LogP contribution in [-0.2, 0) is 19.2 Å². The summed E-state index contributed by atoms with van der Waals surface area (Å²) < 4.78 is 4.80. The lowest BCUT2D eigenvalue weighted by Gasteiger charge is -2.16. The average Bonchev–Trinajstić information content (AvgIpc) is 2.51. The molecule has 0 fully saturated rings. The van der Waals surface area contributed by atoms with Crippen LogP contribution in [0.5, 0.6) is 0 Å². The second kappa shape index (κ2) is 9.72. The monoisotopic (exact) mass is 291 g/mol. The number of anilines is 1. The Morgan fingerprint density at radius 3 is 2.52 bits per heavy atom. The van der Waals surface area contributed by atoms with Gasteiger partial charge in [0.1, 0.15) is 0 Å². The lowest BCUT2D eigenvalue weighted by molar-refractivity contribution is -0.137. The second-order valence-electron chi connectivity index (χ2n) is 4.29. The molecule has 5 heteroatoms. The summed E-state index contributed by atoms with van der Waals surface area (Å²) >= 11 is 0. The molecule has 0 aliphatic rings. The Kier molecular flexibility index (Phi) is 7.82. The summed E-state index contributed by atoms with van der Waals surface area (Å²) in [6.07, 6.45) is 5.56. The number of ether oxygens (including phenoxy) is 1. The Labute approximate surface area is 125 Å². The van der Waals surface area contributed by atoms with E-state index in [0.29, 0.717) is 25.3 Å². The molecule has 114 valence electrons. The number of benzene rings is 1. The molecule has 0 aromatic heterocycles. The molecular weight excluding hydrogens is 270 g/mol. The van der Waals surface area contributed by atoms with Gasteiger partial charge in [-0.3, -0.25) is 9.63 Å². The lowest BCUT2D eigenvalue weighted by Crippen LogP contribution is -2.22. The number of hydroxylamine groups is 1. The topological polar surface area (TPSA) is 55.8 Å². The zero-order valence-corrected chi connectivity index (χ0v) is 12.5. The molecule has 0 aliphatic heterocycles. The molecular formula is C16H21NO4. The van der Waals surface area contributed by atoms with Crippen molar-refractivity contribution >= 4 is 24.1 Å². The zero-order chi connectivity index (χ0) is 15.5. The first-order valence-electron chi connectivity index (χ1n) is 7.03. The molecule has 0 N–H and O–H groups in total. The number of unbranched alkanes of at least 4 members (excludes halogenated alkanes) is 1. The van der Waals surface area contributed by atoms with Gasteiger partial charge >= 0.3 is 5.97 Å². The molecule has 5 nitrogen and oxygen atoms in total. The largest absolute Gasteiger partial charge is 0.463 e. The molecule has 0 spiro atoms. The van der Waals surface area contributed by atoms with E-state index < -0.39 is 0 Å². The van der Waals surface area contributed by atoms with Crippen LogP contribution in [0.4, 0.5) is 5.69 Å². The van der Waals surface area contributed by atoms with Crippen molar-refractivity contribution in [2.45, 2.75) is 26.7 Å². The molecule has 1 aromatic rings. The van der Waals surface area contributed by atoms with Crippen molar-refractivity contribution in [1.82, 2.24) is 0 Å². The van der Waals surface area contributed by atoms with Crippen molar-refractivity contribution < 1.29 is 19.2 Å². The Morgan fingerprint density at radius 2 is 1.95 bits per heavy atom. The molecule has 21 heavy (non-hydrogen) atoms. The fraction of sp³-hybridized carbons (Fsp3) is 0.375. The van der Waals surface area contributed by atoms with E-state index >= 15 is 0 Å². The quantitative estimate of drug-likeness (QED) is 0.231. The van der Waals surface area contributed by atoms with Gasteiger partial charge in [-0.15, -0.1) is 0 Å². The van der Waals surface area contributed by atoms with Crippen molar-refractivity contribution in [3.63, 3.8) is 0 Å². The third-order valence-electron chi connectivity index (χ3n) is 2.67. The van der Waals surface area contributed by atoms with E-state index in [1.807, 2.05) is 0 Å². The van der Waals surface area contributed by atoms with E-state index in [-0.39, 0.29) is 5.97 Å². The van der Waals surface area contributed by atoms with Crippen molar-refractivity contribution in [3.05, 3.63) is 35.9 Å². The summed E-state index contributed by atoms with van der Waals surface area (Å²) in [7, 11) is 0. The standard InChI is InChI=1S/C16H21NO4/c1-3-5-12-21-17(13-18)15-9-6-14(7-10-15)8-11-16(19)20-4-2/h6-11,13H,3-5,12H2,1-2H3/b11-8+. The minimum atomic E-state index is -0.376. The number of carbonyl (C=O) groups is 2. The number of hydrogen-bond acceptors (Lipinski definition) is 4. The summed E-state index contributed by atoms with van der Waals surface area (Å²) in [5, 5.41) is 1.20. The maximum absolute atomic E-state index is 11.2. The molecule has 1 aromatic carbocycles. The Hall–Kier alpha value is -2.14. The third kappa shape index (κ3) is 6.23. The molecule has 0 unspecified atom stereocenters. The molecule has 0 saturated heterocycles. The number of amides is 1. The molecule has 0 radical (unpaired) electrons. The first kappa shape index (κ1) is 16.9. The fourth-order valence-electron chi connectivity index (χ4n) is 1.56. The summed E-state index contributed by atoms with van der Waals surface area (Å²) in [4.78, 5) is 27.6. The highest BCUT2D eigenvalue weighted by molar-refractivity contribution is 5.87. The highest BCUT2D eigenvalue weighted by Gasteiger charge is 2.05. The fourth-order valence-corrected chi connectivity index (χ4v) is 1.56. The maximum atomic E-state index is 11.2. The van der Waals surface area contributed by atoms with Crippen LogP contribution in [0.1, 0.15) is 32.3 Å². The van der Waals surface area contributed by atoms with Crippen molar-refractivity contribution in [2.75, 3.05) is 18.3 Å². The van der Waals surface area contributed by atoms with Crippen LogP contribution >= 0.6 is 0 Å². The van der Waals surface area contributed by atoms with Crippen LogP contribution in [0.15, 0.2) is 30.3 Å². The molecule has 0 aliphatic carbocycles. The van der Waals surface area contributed by atoms with E-state index in [2.05, 4.69) is 6.92 Å². The van der Waals surface area contributed by atoms with Gasteiger partial charge in [0.25, 0.3) is 0 Å². The Balaban J connectivity index is 2.63. The number of nitrogens with zero attached hydrogens (tertiary/aromatic N) is 1. The predicted octanol–water partition coefficient (Wildman–Crippen LogP) is 2.96. The van der Waals surface area contributed by atoms with Crippen molar-refractivity contribution in [3.8, 4) is 0 Å². The van der Waals surface area contributed by atoms with Crippen LogP contribution in [0.2, 0.25) is 0 Å². The van der Waals surface area contributed by atoms with Crippen LogP contribution < -0.4 is 5.06 Å². The van der Waals surface area contributed by atoms with Gasteiger partial charge in [0.15, 0.2) is 0 Å². The molecule has 0 bridgehead atoms. The van der Waals surface area contributed by atoms with E-state index in [1.54, 1.807) is 37.3 Å². The molecule has 0 atom stereocenters. The predicted molar refractivity (Wildman–Crippen MR) is 81.5 cm³/mol. The minimum Gasteiger partial charge on any atom is -0.463 e. The van der Waals surface area contributed by atoms with Gasteiger partial charge in [0.2, 0.25) is 6.41 Å². The van der Waals surface area contributed by atoms with E-state index in [4.69, 9.17) is 9.57 Å². The van der Waals surface area contributed by atoms with Crippen LogP contribution in [0.25, 0.3) is 6.08 Å². The molecule has 0 heterocycles. The Bertz CT molecular complexity index is 468. The first-order valence-corrected chi connectivity index (χ1v) is 7.03. The van der Waals surface area contributed by atoms with Gasteiger partial charge in [-0.25, -0.2) is 4.79 Å². The van der Waals surface area contributed by atoms with Crippen molar-refractivity contribution in [2.24, 2.45) is 0 Å². The molecule has 1 amide bonds. The van der Waals surface area contributed by atoms with Gasteiger partial charge in [-0.2, -0.15) is 5.06 Å². The summed E-state index contributed by atoms with van der Waals surface area (Å²) in [5.41, 5.74) is 1.49. The van der Waals surface area contributed by atoms with E-state index in [9.17, 15) is 9.59 Å². The summed E-state index contributed by atoms with van der Waals surface area (Å²) in [6.45, 7) is 4.66.